The van der Waals surface area contributed by atoms with Gasteiger partial charge in [0.2, 0.25) is 11.8 Å². The molecule has 2 aromatic heterocycles. The van der Waals surface area contributed by atoms with E-state index in [4.69, 9.17) is 14.2 Å². The summed E-state index contributed by atoms with van der Waals surface area (Å²) in [7, 11) is 5.15. The van der Waals surface area contributed by atoms with Gasteiger partial charge in [-0.25, -0.2) is 19.7 Å². The zero-order valence-electron chi connectivity index (χ0n) is 31.4. The monoisotopic (exact) mass is 740 g/mol. The van der Waals surface area contributed by atoms with E-state index < -0.39 is 66.7 Å². The maximum Gasteiger partial charge on any atom is 0.408 e. The summed E-state index contributed by atoms with van der Waals surface area (Å²) in [5.41, 5.74) is 0.718. The van der Waals surface area contributed by atoms with Crippen molar-refractivity contribution in [2.24, 2.45) is 0 Å². The molecule has 53 heavy (non-hydrogen) atoms. The Labute approximate surface area is 308 Å². The Hall–Kier alpha value is -4.87. The van der Waals surface area contributed by atoms with Crippen LogP contribution in [0.5, 0.6) is 5.75 Å². The standard InChI is InChI=1S/C36H52N8O9/c1-21(46)11-9-8-10-12-24(41-35(50)53-36(2,3)4)32(48)40-25(17-22-13-15-23(51-7)16-14-22)33(49)42-27-26(18-45)52-34(29(27)47)44-20-39-28-30(43(5)6)37-19-38-31(28)44/h13-16,19-20,24-27,29,34,45,47H,8-12,17-18H2,1-7H3,(H,40,48)(H,41,50)(H,42,49)/t24-,25?,26-,27?,29+,34-/m1/s1. The van der Waals surface area contributed by atoms with E-state index in [-0.39, 0.29) is 18.6 Å². The van der Waals surface area contributed by atoms with E-state index in [1.807, 2.05) is 14.1 Å². The van der Waals surface area contributed by atoms with Gasteiger partial charge in [0.1, 0.15) is 47.8 Å². The molecule has 290 valence electrons. The van der Waals surface area contributed by atoms with Crippen LogP contribution in [0.15, 0.2) is 36.9 Å². The zero-order valence-corrected chi connectivity index (χ0v) is 31.4. The van der Waals surface area contributed by atoms with E-state index in [1.165, 1.54) is 31.3 Å². The van der Waals surface area contributed by atoms with Crippen LogP contribution in [0.3, 0.4) is 0 Å². The molecule has 1 aromatic carbocycles. The predicted molar refractivity (Wildman–Crippen MR) is 194 cm³/mol. The minimum absolute atomic E-state index is 0.0343. The Kier molecular flexibility index (Phi) is 14.1. The number of Topliss-reactive ketones (excluding diaryl/α,β-unsaturated/α-hetero) is 1. The summed E-state index contributed by atoms with van der Waals surface area (Å²) in [4.78, 5) is 67.0. The highest BCUT2D eigenvalue weighted by atomic mass is 16.6. The number of methoxy groups -OCH3 is 1. The number of ether oxygens (including phenoxy) is 3. The molecule has 1 fully saturated rings. The number of amides is 3. The molecule has 6 atom stereocenters. The Morgan fingerprint density at radius 1 is 1.00 bits per heavy atom. The van der Waals surface area contributed by atoms with E-state index in [2.05, 4.69) is 30.9 Å². The third-order valence-electron chi connectivity index (χ3n) is 8.66. The first-order chi connectivity index (χ1) is 25.1. The predicted octanol–water partition coefficient (Wildman–Crippen LogP) is 1.80. The third kappa shape index (κ3) is 11.1. The topological polar surface area (TPSA) is 219 Å². The summed E-state index contributed by atoms with van der Waals surface area (Å²) in [5, 5.41) is 30.0. The lowest BCUT2D eigenvalue weighted by atomic mass is 10.0. The number of nitrogens with one attached hydrogen (secondary N) is 3. The normalized spacial score (nSPS) is 19.6. The number of imidazole rings is 1. The molecular formula is C36H52N8O9. The van der Waals surface area contributed by atoms with E-state index in [1.54, 1.807) is 49.9 Å². The lowest BCUT2D eigenvalue weighted by Gasteiger charge is -2.27. The second-order valence-electron chi connectivity index (χ2n) is 14.3. The molecule has 1 aliphatic heterocycles. The van der Waals surface area contributed by atoms with Crippen molar-refractivity contribution in [1.82, 2.24) is 35.5 Å². The lowest BCUT2D eigenvalue weighted by Crippen LogP contribution is -2.58. The summed E-state index contributed by atoms with van der Waals surface area (Å²) >= 11 is 0. The van der Waals surface area contributed by atoms with Gasteiger partial charge < -0.3 is 50.1 Å². The number of aromatic nitrogens is 4. The molecule has 4 rings (SSSR count). The average Bonchev–Trinajstić information content (AvgIpc) is 3.66. The SMILES string of the molecule is COc1ccc(CC(NC(=O)[C@@H](CCCCCC(C)=O)NC(=O)OC(C)(C)C)C(=O)NC2[C@@H](CO)O[C@@H](n3cnc4c(N(C)C)ncnc43)[C@H]2O)cc1. The number of benzene rings is 1. The Morgan fingerprint density at radius 2 is 1.72 bits per heavy atom. The van der Waals surface area contributed by atoms with Crippen LogP contribution in [0.4, 0.5) is 10.6 Å². The lowest BCUT2D eigenvalue weighted by molar-refractivity contribution is -0.131. The van der Waals surface area contributed by atoms with Gasteiger partial charge in [0.25, 0.3) is 0 Å². The fourth-order valence-corrected chi connectivity index (χ4v) is 6.02. The molecule has 3 heterocycles. The Morgan fingerprint density at radius 3 is 2.34 bits per heavy atom. The fourth-order valence-electron chi connectivity index (χ4n) is 6.02. The first-order valence-corrected chi connectivity index (χ1v) is 17.6. The smallest absolute Gasteiger partial charge is 0.408 e. The van der Waals surface area contributed by atoms with Gasteiger partial charge in [-0.2, -0.15) is 0 Å². The molecule has 0 bridgehead atoms. The highest BCUT2D eigenvalue weighted by Gasteiger charge is 2.46. The molecule has 0 spiro atoms. The number of alkyl carbamates (subject to hydrolysis) is 1. The van der Waals surface area contributed by atoms with Crippen molar-refractivity contribution < 1.29 is 43.6 Å². The van der Waals surface area contributed by atoms with Gasteiger partial charge in [0.15, 0.2) is 23.2 Å². The maximum absolute atomic E-state index is 14.1. The summed E-state index contributed by atoms with van der Waals surface area (Å²) < 4.78 is 18.2. The first kappa shape index (κ1) is 40.9. The van der Waals surface area contributed by atoms with Gasteiger partial charge in [-0.05, 0) is 58.2 Å². The molecule has 17 nitrogen and oxygen atoms in total. The molecule has 2 unspecified atom stereocenters. The number of hydrogen-bond acceptors (Lipinski definition) is 13. The highest BCUT2D eigenvalue weighted by molar-refractivity contribution is 5.91. The summed E-state index contributed by atoms with van der Waals surface area (Å²) in [6.45, 7) is 6.09. The van der Waals surface area contributed by atoms with Gasteiger partial charge in [-0.1, -0.05) is 25.0 Å². The van der Waals surface area contributed by atoms with Gasteiger partial charge >= 0.3 is 6.09 Å². The highest BCUT2D eigenvalue weighted by Crippen LogP contribution is 2.32. The number of hydrogen-bond donors (Lipinski definition) is 5. The van der Waals surface area contributed by atoms with Crippen LogP contribution in [0.2, 0.25) is 0 Å². The minimum Gasteiger partial charge on any atom is -0.497 e. The number of rotatable bonds is 17. The van der Waals surface area contributed by atoms with Crippen molar-refractivity contribution in [3.63, 3.8) is 0 Å². The molecule has 3 aromatic rings. The average molecular weight is 741 g/mol. The number of anilines is 1. The van der Waals surface area contributed by atoms with Crippen molar-refractivity contribution in [1.29, 1.82) is 0 Å². The number of carbonyl (C=O) groups is 4. The van der Waals surface area contributed by atoms with Gasteiger partial charge in [0, 0.05) is 26.9 Å². The quantitative estimate of drug-likeness (QED) is 0.125. The number of nitrogens with zero attached hydrogens (tertiary/aromatic N) is 5. The number of aliphatic hydroxyl groups is 2. The largest absolute Gasteiger partial charge is 0.497 e. The van der Waals surface area contributed by atoms with Gasteiger partial charge in [-0.3, -0.25) is 14.2 Å². The number of unbranched alkanes of at least 4 members (excludes halogenated alkanes) is 2. The second kappa shape index (κ2) is 18.3. The van der Waals surface area contributed by atoms with Crippen LogP contribution in [-0.4, -0.2) is 117 Å². The van der Waals surface area contributed by atoms with Crippen LogP contribution >= 0.6 is 0 Å². The molecule has 3 amide bonds. The fraction of sp³-hybridized carbons (Fsp3) is 0.583. The van der Waals surface area contributed by atoms with Crippen molar-refractivity contribution in [2.45, 2.75) is 108 Å². The van der Waals surface area contributed by atoms with Crippen LogP contribution in [-0.2, 0) is 30.3 Å². The second-order valence-corrected chi connectivity index (χ2v) is 14.3. The number of ketones is 1. The molecule has 17 heteroatoms. The molecular weight excluding hydrogens is 688 g/mol. The van der Waals surface area contributed by atoms with Crippen LogP contribution < -0.4 is 25.6 Å². The van der Waals surface area contributed by atoms with Crippen molar-refractivity contribution in [3.8, 4) is 5.75 Å². The molecule has 5 N–H and O–H groups in total. The summed E-state index contributed by atoms with van der Waals surface area (Å²) in [6, 6.07) is 3.61. The molecule has 0 saturated carbocycles. The van der Waals surface area contributed by atoms with E-state index >= 15 is 0 Å². The van der Waals surface area contributed by atoms with E-state index in [9.17, 15) is 29.4 Å². The Bertz CT molecular complexity index is 1710. The van der Waals surface area contributed by atoms with Gasteiger partial charge in [-0.15, -0.1) is 0 Å². The molecule has 0 radical (unpaired) electrons. The van der Waals surface area contributed by atoms with E-state index in [0.29, 0.717) is 54.0 Å². The first-order valence-electron chi connectivity index (χ1n) is 17.6. The van der Waals surface area contributed by atoms with Crippen LogP contribution in [0, 0.1) is 0 Å². The van der Waals surface area contributed by atoms with Crippen molar-refractivity contribution in [2.75, 3.05) is 32.7 Å². The van der Waals surface area contributed by atoms with Gasteiger partial charge in [0.05, 0.1) is 26.1 Å². The molecule has 0 aliphatic carbocycles. The number of carbonyl (C=O) groups excluding carboxylic acids is 4. The molecule has 1 saturated heterocycles. The third-order valence-corrected chi connectivity index (χ3v) is 8.66. The zero-order chi connectivity index (χ0) is 38.9. The number of aliphatic hydroxyl groups excluding tert-OH is 2. The number of fused-ring (bicyclic) bond motifs is 1. The van der Waals surface area contributed by atoms with E-state index in [0.717, 1.165) is 0 Å². The Balaban J connectivity index is 1.57. The maximum atomic E-state index is 14.1. The van der Waals surface area contributed by atoms with Crippen LogP contribution in [0.1, 0.15) is 71.6 Å². The molecule has 1 aliphatic rings. The van der Waals surface area contributed by atoms with Crippen molar-refractivity contribution >= 4 is 40.7 Å². The van der Waals surface area contributed by atoms with Crippen molar-refractivity contribution in [3.05, 3.63) is 42.5 Å². The minimum atomic E-state index is -1.36. The van der Waals surface area contributed by atoms with Crippen LogP contribution in [0.25, 0.3) is 11.2 Å². The summed E-state index contributed by atoms with van der Waals surface area (Å²) in [6.07, 6.45) is 1.02. The summed E-state index contributed by atoms with van der Waals surface area (Å²) in [5.74, 6) is -0.0687.